The Morgan fingerprint density at radius 1 is 1.10 bits per heavy atom. The van der Waals surface area contributed by atoms with E-state index in [4.69, 9.17) is 4.74 Å². The molecular formula is C20H16F3NO5. The van der Waals surface area contributed by atoms with Gasteiger partial charge in [-0.15, -0.1) is 0 Å². The molecule has 0 unspecified atom stereocenters. The molecule has 9 heteroatoms. The zero-order chi connectivity index (χ0) is 21.3. The van der Waals surface area contributed by atoms with Crippen molar-refractivity contribution in [1.82, 2.24) is 0 Å². The number of hydrogen-bond acceptors (Lipinski definition) is 5. The van der Waals surface area contributed by atoms with Crippen LogP contribution in [-0.4, -0.2) is 16.5 Å². The standard InChI is InChI=1S/C20H16F3NO5/c1-2-11-3-5-13(10-14(11)19-16(25)6-7-17(19)26)29-18-8-4-12(24(27)28)9-15(18)20(21,22)23/h3-5,8-10,19H,2,6-7H2,1H3. The van der Waals surface area contributed by atoms with Gasteiger partial charge < -0.3 is 4.74 Å². The summed E-state index contributed by atoms with van der Waals surface area (Å²) in [5.41, 5.74) is -0.853. The Bertz CT molecular complexity index is 984. The fourth-order valence-electron chi connectivity index (χ4n) is 3.36. The zero-order valence-electron chi connectivity index (χ0n) is 15.3. The van der Waals surface area contributed by atoms with E-state index in [0.717, 1.165) is 17.7 Å². The lowest BCUT2D eigenvalue weighted by Gasteiger charge is -2.17. The quantitative estimate of drug-likeness (QED) is 0.396. The van der Waals surface area contributed by atoms with Gasteiger partial charge in [0, 0.05) is 25.0 Å². The van der Waals surface area contributed by atoms with E-state index in [1.165, 1.54) is 12.1 Å². The van der Waals surface area contributed by atoms with Crippen LogP contribution in [0.25, 0.3) is 0 Å². The summed E-state index contributed by atoms with van der Waals surface area (Å²) in [7, 11) is 0. The fraction of sp³-hybridized carbons (Fsp3) is 0.300. The minimum absolute atomic E-state index is 0.00375. The highest BCUT2D eigenvalue weighted by Crippen LogP contribution is 2.41. The van der Waals surface area contributed by atoms with E-state index in [1.807, 2.05) is 6.92 Å². The number of alkyl halides is 3. The van der Waals surface area contributed by atoms with E-state index in [1.54, 1.807) is 6.07 Å². The summed E-state index contributed by atoms with van der Waals surface area (Å²) in [6.07, 6.45) is -4.07. The number of nitro groups is 1. The van der Waals surface area contributed by atoms with Crippen LogP contribution in [0.15, 0.2) is 36.4 Å². The van der Waals surface area contributed by atoms with E-state index in [2.05, 4.69) is 0 Å². The predicted octanol–water partition coefficient (Wildman–Crippen LogP) is 4.98. The number of carbonyl (C=O) groups excluding carboxylic acids is 2. The molecule has 0 saturated heterocycles. The Kier molecular flexibility index (Phi) is 5.41. The lowest BCUT2D eigenvalue weighted by atomic mass is 9.90. The van der Waals surface area contributed by atoms with Crippen LogP contribution in [0.2, 0.25) is 0 Å². The molecule has 0 aromatic heterocycles. The first kappa shape index (κ1) is 20.5. The van der Waals surface area contributed by atoms with Crippen LogP contribution in [0.4, 0.5) is 18.9 Å². The smallest absolute Gasteiger partial charge is 0.420 e. The predicted molar refractivity (Wildman–Crippen MR) is 96.0 cm³/mol. The van der Waals surface area contributed by atoms with Gasteiger partial charge >= 0.3 is 6.18 Å². The SMILES string of the molecule is CCc1ccc(Oc2ccc([N+](=O)[O-])cc2C(F)(F)F)cc1C1C(=O)CCC1=O. The molecule has 29 heavy (non-hydrogen) atoms. The number of nitrogens with zero attached hydrogens (tertiary/aromatic N) is 1. The Balaban J connectivity index is 2.03. The highest BCUT2D eigenvalue weighted by Gasteiger charge is 2.37. The van der Waals surface area contributed by atoms with Gasteiger partial charge in [-0.05, 0) is 35.7 Å². The number of hydrogen-bond donors (Lipinski definition) is 0. The van der Waals surface area contributed by atoms with E-state index in [0.29, 0.717) is 18.1 Å². The largest absolute Gasteiger partial charge is 0.457 e. The number of nitro benzene ring substituents is 1. The molecule has 1 saturated carbocycles. The van der Waals surface area contributed by atoms with Crippen LogP contribution in [0.5, 0.6) is 11.5 Å². The van der Waals surface area contributed by atoms with Crippen molar-refractivity contribution in [3.05, 3.63) is 63.2 Å². The van der Waals surface area contributed by atoms with Gasteiger partial charge in [-0.2, -0.15) is 13.2 Å². The average molecular weight is 407 g/mol. The second-order valence-electron chi connectivity index (χ2n) is 6.62. The minimum Gasteiger partial charge on any atom is -0.457 e. The van der Waals surface area contributed by atoms with E-state index < -0.39 is 34.0 Å². The summed E-state index contributed by atoms with van der Waals surface area (Å²) >= 11 is 0. The molecule has 1 fully saturated rings. The van der Waals surface area contributed by atoms with Gasteiger partial charge in [-0.25, -0.2) is 0 Å². The lowest BCUT2D eigenvalue weighted by molar-refractivity contribution is -0.385. The summed E-state index contributed by atoms with van der Waals surface area (Å²) in [5.74, 6) is -2.00. The first-order chi connectivity index (χ1) is 13.6. The highest BCUT2D eigenvalue weighted by atomic mass is 19.4. The van der Waals surface area contributed by atoms with E-state index in [-0.39, 0.29) is 30.2 Å². The van der Waals surface area contributed by atoms with Crippen LogP contribution >= 0.6 is 0 Å². The third kappa shape index (κ3) is 4.13. The molecule has 0 bridgehead atoms. The van der Waals surface area contributed by atoms with Gasteiger partial charge in [0.05, 0.1) is 4.92 Å². The molecule has 0 atom stereocenters. The number of halogens is 3. The molecule has 0 radical (unpaired) electrons. The molecule has 2 aromatic rings. The number of carbonyl (C=O) groups is 2. The first-order valence-corrected chi connectivity index (χ1v) is 8.83. The molecule has 152 valence electrons. The van der Waals surface area contributed by atoms with Gasteiger partial charge in [0.1, 0.15) is 34.5 Å². The van der Waals surface area contributed by atoms with Gasteiger partial charge in [0.2, 0.25) is 0 Å². The molecule has 1 aliphatic carbocycles. The van der Waals surface area contributed by atoms with Gasteiger partial charge in [-0.1, -0.05) is 13.0 Å². The third-order valence-corrected chi connectivity index (χ3v) is 4.78. The van der Waals surface area contributed by atoms with Crippen LogP contribution in [0, 0.1) is 10.1 Å². The van der Waals surface area contributed by atoms with Crippen molar-refractivity contribution < 1.29 is 32.4 Å². The van der Waals surface area contributed by atoms with Gasteiger partial charge in [0.25, 0.3) is 5.69 Å². The van der Waals surface area contributed by atoms with Crippen molar-refractivity contribution in [3.8, 4) is 11.5 Å². The maximum atomic E-state index is 13.3. The number of benzene rings is 2. The molecular weight excluding hydrogens is 391 g/mol. The molecule has 6 nitrogen and oxygen atoms in total. The molecule has 0 amide bonds. The maximum Gasteiger partial charge on any atom is 0.420 e. The summed E-state index contributed by atoms with van der Waals surface area (Å²) in [4.78, 5) is 34.2. The number of ether oxygens (including phenoxy) is 1. The highest BCUT2D eigenvalue weighted by molar-refractivity contribution is 6.13. The third-order valence-electron chi connectivity index (χ3n) is 4.78. The number of ketones is 2. The first-order valence-electron chi connectivity index (χ1n) is 8.83. The number of aryl methyl sites for hydroxylation is 1. The zero-order valence-corrected chi connectivity index (χ0v) is 15.3. The summed E-state index contributed by atoms with van der Waals surface area (Å²) in [5, 5.41) is 10.8. The Morgan fingerprint density at radius 2 is 1.76 bits per heavy atom. The van der Waals surface area contributed by atoms with Crippen molar-refractivity contribution in [3.63, 3.8) is 0 Å². The average Bonchev–Trinajstić information content (AvgIpc) is 2.99. The molecule has 0 spiro atoms. The number of rotatable bonds is 5. The number of non-ortho nitro benzene ring substituents is 1. The van der Waals surface area contributed by atoms with E-state index >= 15 is 0 Å². The Labute approximate surface area is 163 Å². The van der Waals surface area contributed by atoms with Crippen molar-refractivity contribution in [1.29, 1.82) is 0 Å². The fourth-order valence-corrected chi connectivity index (χ4v) is 3.36. The molecule has 0 heterocycles. The van der Waals surface area contributed by atoms with Crippen molar-refractivity contribution >= 4 is 17.3 Å². The van der Waals surface area contributed by atoms with Crippen molar-refractivity contribution in [2.45, 2.75) is 38.3 Å². The molecule has 1 aliphatic rings. The lowest BCUT2D eigenvalue weighted by Crippen LogP contribution is -2.14. The van der Waals surface area contributed by atoms with Crippen LogP contribution < -0.4 is 4.74 Å². The summed E-state index contributed by atoms with van der Waals surface area (Å²) < 4.78 is 45.4. The van der Waals surface area contributed by atoms with E-state index in [9.17, 15) is 32.9 Å². The summed E-state index contributed by atoms with van der Waals surface area (Å²) in [6.45, 7) is 1.83. The van der Waals surface area contributed by atoms with Crippen LogP contribution in [0.3, 0.4) is 0 Å². The van der Waals surface area contributed by atoms with Gasteiger partial charge in [0.15, 0.2) is 0 Å². The normalized spacial score (nSPS) is 15.0. The van der Waals surface area contributed by atoms with Crippen LogP contribution in [-0.2, 0) is 22.2 Å². The van der Waals surface area contributed by atoms with Gasteiger partial charge in [-0.3, -0.25) is 19.7 Å². The monoisotopic (exact) mass is 407 g/mol. The maximum absolute atomic E-state index is 13.3. The minimum atomic E-state index is -4.87. The summed E-state index contributed by atoms with van der Waals surface area (Å²) in [6, 6.07) is 6.62. The second-order valence-corrected chi connectivity index (χ2v) is 6.62. The molecule has 3 rings (SSSR count). The van der Waals surface area contributed by atoms with Crippen molar-refractivity contribution in [2.24, 2.45) is 0 Å². The topological polar surface area (TPSA) is 86.5 Å². The molecule has 2 aromatic carbocycles. The number of Topliss-reactive ketones (excluding diaryl/α,β-unsaturated/α-hetero) is 2. The Hall–Kier alpha value is -3.23. The Morgan fingerprint density at radius 3 is 2.31 bits per heavy atom. The second kappa shape index (κ2) is 7.65. The van der Waals surface area contributed by atoms with Crippen molar-refractivity contribution in [2.75, 3.05) is 0 Å². The molecule has 0 aliphatic heterocycles. The molecule has 0 N–H and O–H groups in total. The van der Waals surface area contributed by atoms with Crippen LogP contribution in [0.1, 0.15) is 42.4 Å².